The Balaban J connectivity index is 1.70. The molecule has 30 heavy (non-hydrogen) atoms. The summed E-state index contributed by atoms with van der Waals surface area (Å²) in [5, 5.41) is 2.69. The van der Waals surface area contributed by atoms with Gasteiger partial charge in [-0.05, 0) is 50.2 Å². The number of likely N-dealkylation sites (N-methyl/N-ethyl adjacent to an activating group) is 1. The molecule has 0 atom stereocenters. The van der Waals surface area contributed by atoms with Gasteiger partial charge in [-0.3, -0.25) is 14.4 Å². The topological polar surface area (TPSA) is 102 Å². The average Bonchev–Trinajstić information content (AvgIpc) is 2.72. The zero-order chi connectivity index (χ0) is 22.1. The van der Waals surface area contributed by atoms with Crippen molar-refractivity contribution in [1.82, 2.24) is 4.90 Å². The monoisotopic (exact) mass is 412 g/mol. The zero-order valence-electron chi connectivity index (χ0n) is 17.1. The number of carbonyl (C=O) groups excluding carboxylic acids is 4. The Morgan fingerprint density at radius 2 is 1.57 bits per heavy atom. The molecule has 0 aliphatic rings. The predicted molar refractivity (Wildman–Crippen MR) is 110 cm³/mol. The van der Waals surface area contributed by atoms with Gasteiger partial charge in [0.15, 0.2) is 19.0 Å². The first-order valence-electron chi connectivity index (χ1n) is 9.24. The van der Waals surface area contributed by atoms with Crippen LogP contribution in [0.25, 0.3) is 0 Å². The van der Waals surface area contributed by atoms with Crippen molar-refractivity contribution in [3.63, 3.8) is 0 Å². The molecule has 8 nitrogen and oxygen atoms in total. The lowest BCUT2D eigenvalue weighted by molar-refractivity contribution is -0.153. The van der Waals surface area contributed by atoms with Crippen LogP contribution in [0.3, 0.4) is 0 Å². The van der Waals surface area contributed by atoms with E-state index in [4.69, 9.17) is 9.47 Å². The summed E-state index contributed by atoms with van der Waals surface area (Å²) in [6.45, 7) is 2.33. The van der Waals surface area contributed by atoms with E-state index in [0.29, 0.717) is 17.0 Å². The molecular weight excluding hydrogens is 388 g/mol. The second-order valence-electron chi connectivity index (χ2n) is 6.69. The van der Waals surface area contributed by atoms with Crippen LogP contribution in [0.15, 0.2) is 48.5 Å². The number of nitrogens with zero attached hydrogens (tertiary/aromatic N) is 1. The van der Waals surface area contributed by atoms with Crippen molar-refractivity contribution < 1.29 is 28.7 Å². The van der Waals surface area contributed by atoms with Crippen LogP contribution in [-0.2, 0) is 19.1 Å². The van der Waals surface area contributed by atoms with Crippen molar-refractivity contribution in [3.8, 4) is 5.75 Å². The number of ketones is 1. The summed E-state index contributed by atoms with van der Waals surface area (Å²) in [7, 11) is 1.44. The van der Waals surface area contributed by atoms with E-state index in [9.17, 15) is 19.2 Å². The Morgan fingerprint density at radius 3 is 2.17 bits per heavy atom. The summed E-state index contributed by atoms with van der Waals surface area (Å²) >= 11 is 0. The van der Waals surface area contributed by atoms with Crippen molar-refractivity contribution in [2.24, 2.45) is 0 Å². The number of amides is 2. The maximum atomic E-state index is 12.1. The van der Waals surface area contributed by atoms with Crippen LogP contribution in [0.1, 0.15) is 22.8 Å². The van der Waals surface area contributed by atoms with Crippen molar-refractivity contribution in [2.75, 3.05) is 32.1 Å². The third-order valence-corrected chi connectivity index (χ3v) is 4.12. The van der Waals surface area contributed by atoms with Crippen LogP contribution in [-0.4, -0.2) is 55.3 Å². The van der Waals surface area contributed by atoms with E-state index < -0.39 is 18.5 Å². The molecule has 0 saturated carbocycles. The number of hydrogen-bond donors (Lipinski definition) is 1. The molecule has 0 aromatic heterocycles. The Labute approximate surface area is 174 Å². The van der Waals surface area contributed by atoms with Crippen LogP contribution in [0.2, 0.25) is 0 Å². The van der Waals surface area contributed by atoms with E-state index in [0.717, 1.165) is 10.5 Å². The molecule has 0 heterocycles. The second kappa shape index (κ2) is 10.8. The van der Waals surface area contributed by atoms with Gasteiger partial charge < -0.3 is 19.7 Å². The molecule has 0 spiro atoms. The molecule has 0 bridgehead atoms. The van der Waals surface area contributed by atoms with E-state index in [1.165, 1.54) is 14.0 Å². The first-order valence-corrected chi connectivity index (χ1v) is 9.24. The van der Waals surface area contributed by atoms with Gasteiger partial charge in [0.25, 0.3) is 5.91 Å². The summed E-state index contributed by atoms with van der Waals surface area (Å²) in [5.41, 5.74) is 2.23. The highest BCUT2D eigenvalue weighted by molar-refractivity contribution is 5.95. The summed E-state index contributed by atoms with van der Waals surface area (Å²) < 4.78 is 10.1. The molecule has 2 aromatic carbocycles. The summed E-state index contributed by atoms with van der Waals surface area (Å²) in [6, 6.07) is 13.6. The second-order valence-corrected chi connectivity index (χ2v) is 6.69. The maximum Gasteiger partial charge on any atom is 0.344 e. The fourth-order valence-corrected chi connectivity index (χ4v) is 2.36. The van der Waals surface area contributed by atoms with Crippen LogP contribution in [0.5, 0.6) is 5.75 Å². The van der Waals surface area contributed by atoms with Crippen molar-refractivity contribution in [2.45, 2.75) is 13.8 Å². The Morgan fingerprint density at radius 1 is 0.933 bits per heavy atom. The smallest absolute Gasteiger partial charge is 0.344 e. The summed E-state index contributed by atoms with van der Waals surface area (Å²) in [6.07, 6.45) is 0. The number of rotatable bonds is 9. The molecule has 0 radical (unpaired) electrons. The number of Topliss-reactive ketones (excluding diaryl/α,β-unsaturated/α-hetero) is 1. The SMILES string of the molecule is CC(=O)c1ccc(OCC(=O)OCC(=O)N(C)CC(=O)Nc2ccc(C)cc2)cc1. The standard InChI is InChI=1S/C22H24N2O6/c1-15-4-8-18(9-5-15)23-20(26)12-24(3)21(27)13-30-22(28)14-29-19-10-6-17(7-11-19)16(2)25/h4-11H,12-14H2,1-3H3,(H,23,26). The molecular formula is C22H24N2O6. The number of anilines is 1. The number of hydrogen-bond acceptors (Lipinski definition) is 6. The molecule has 1 N–H and O–H groups in total. The van der Waals surface area contributed by atoms with Gasteiger partial charge in [0.05, 0.1) is 6.54 Å². The molecule has 0 fully saturated rings. The lowest BCUT2D eigenvalue weighted by Crippen LogP contribution is -2.37. The van der Waals surface area contributed by atoms with Gasteiger partial charge in [0.1, 0.15) is 5.75 Å². The lowest BCUT2D eigenvalue weighted by Gasteiger charge is -2.17. The van der Waals surface area contributed by atoms with Gasteiger partial charge in [-0.1, -0.05) is 17.7 Å². The number of carbonyl (C=O) groups is 4. The molecule has 2 amide bonds. The Hall–Kier alpha value is -3.68. The van der Waals surface area contributed by atoms with Gasteiger partial charge in [-0.15, -0.1) is 0 Å². The minimum atomic E-state index is -0.725. The van der Waals surface area contributed by atoms with E-state index in [-0.39, 0.29) is 24.8 Å². The third kappa shape index (κ3) is 7.38. The van der Waals surface area contributed by atoms with Crippen LogP contribution < -0.4 is 10.1 Å². The molecule has 158 valence electrons. The number of aryl methyl sites for hydroxylation is 1. The van der Waals surface area contributed by atoms with E-state index in [1.807, 2.05) is 19.1 Å². The highest BCUT2D eigenvalue weighted by Crippen LogP contribution is 2.12. The molecule has 0 aliphatic carbocycles. The third-order valence-electron chi connectivity index (χ3n) is 4.12. The maximum absolute atomic E-state index is 12.1. The molecule has 8 heteroatoms. The fourth-order valence-electron chi connectivity index (χ4n) is 2.36. The highest BCUT2D eigenvalue weighted by Gasteiger charge is 2.15. The first kappa shape index (κ1) is 22.6. The number of esters is 1. The van der Waals surface area contributed by atoms with E-state index >= 15 is 0 Å². The van der Waals surface area contributed by atoms with Crippen LogP contribution in [0, 0.1) is 6.92 Å². The Bertz CT molecular complexity index is 906. The summed E-state index contributed by atoms with van der Waals surface area (Å²) in [5.74, 6) is -1.28. The predicted octanol–water partition coefficient (Wildman–Crippen LogP) is 2.22. The Kier molecular flexibility index (Phi) is 8.10. The molecule has 2 aromatic rings. The van der Waals surface area contributed by atoms with E-state index in [2.05, 4.69) is 5.32 Å². The van der Waals surface area contributed by atoms with Gasteiger partial charge in [0, 0.05) is 18.3 Å². The zero-order valence-corrected chi connectivity index (χ0v) is 17.1. The van der Waals surface area contributed by atoms with Crippen molar-refractivity contribution >= 4 is 29.3 Å². The number of benzene rings is 2. The van der Waals surface area contributed by atoms with Gasteiger partial charge in [0.2, 0.25) is 5.91 Å². The van der Waals surface area contributed by atoms with Gasteiger partial charge in [-0.2, -0.15) is 0 Å². The lowest BCUT2D eigenvalue weighted by atomic mass is 10.1. The highest BCUT2D eigenvalue weighted by atomic mass is 16.6. The molecule has 0 aliphatic heterocycles. The van der Waals surface area contributed by atoms with Crippen LogP contribution in [0.4, 0.5) is 5.69 Å². The minimum Gasteiger partial charge on any atom is -0.482 e. The van der Waals surface area contributed by atoms with E-state index in [1.54, 1.807) is 36.4 Å². The average molecular weight is 412 g/mol. The quantitative estimate of drug-likeness (QED) is 0.501. The minimum absolute atomic E-state index is 0.0730. The largest absolute Gasteiger partial charge is 0.482 e. The fraction of sp³-hybridized carbons (Fsp3) is 0.273. The number of ether oxygens (including phenoxy) is 2. The van der Waals surface area contributed by atoms with Gasteiger partial charge >= 0.3 is 5.97 Å². The molecule has 2 rings (SSSR count). The summed E-state index contributed by atoms with van der Waals surface area (Å²) in [4.78, 5) is 48.2. The molecule has 0 unspecified atom stereocenters. The first-order chi connectivity index (χ1) is 14.2. The normalized spacial score (nSPS) is 10.1. The van der Waals surface area contributed by atoms with Gasteiger partial charge in [-0.25, -0.2) is 4.79 Å². The number of nitrogens with one attached hydrogen (secondary N) is 1. The molecule has 0 saturated heterocycles. The van der Waals surface area contributed by atoms with Crippen molar-refractivity contribution in [3.05, 3.63) is 59.7 Å². The van der Waals surface area contributed by atoms with Crippen molar-refractivity contribution in [1.29, 1.82) is 0 Å². The van der Waals surface area contributed by atoms with Crippen LogP contribution >= 0.6 is 0 Å².